The van der Waals surface area contributed by atoms with Gasteiger partial charge in [-0.1, -0.05) is 12.2 Å². The molecule has 25 heavy (non-hydrogen) atoms. The highest BCUT2D eigenvalue weighted by Crippen LogP contribution is 2.33. The molecule has 0 fully saturated rings. The Morgan fingerprint density at radius 2 is 1.56 bits per heavy atom. The number of nitrogens with zero attached hydrogens (tertiary/aromatic N) is 1. The van der Waals surface area contributed by atoms with Gasteiger partial charge in [0.2, 0.25) is 0 Å². The molecule has 138 valence electrons. The van der Waals surface area contributed by atoms with Gasteiger partial charge >= 0.3 is 0 Å². The highest BCUT2D eigenvalue weighted by molar-refractivity contribution is 5.95. The van der Waals surface area contributed by atoms with Gasteiger partial charge in [0.1, 0.15) is 5.56 Å². The maximum Gasteiger partial charge on any atom is 0.260 e. The molecule has 1 rings (SSSR count). The van der Waals surface area contributed by atoms with Crippen molar-refractivity contribution < 1.29 is 22.4 Å². The molecule has 0 aliphatic rings. The molecule has 0 bridgehead atoms. The van der Waals surface area contributed by atoms with Crippen LogP contribution in [0.5, 0.6) is 0 Å². The third-order valence-corrected chi connectivity index (χ3v) is 4.14. The first kappa shape index (κ1) is 20.9. The number of allylic oxidation sites excluding steroid dienone is 2. The van der Waals surface area contributed by atoms with E-state index in [9.17, 15) is 22.4 Å². The number of unbranched alkanes of at least 4 members (excludes halogenated alkanes) is 1. The summed E-state index contributed by atoms with van der Waals surface area (Å²) in [7, 11) is 0. The number of carbonyl (C=O) groups is 1. The molecule has 1 amide bonds. The molecule has 2 nitrogen and oxygen atoms in total. The normalized spacial score (nSPS) is 11.9. The molecule has 0 saturated heterocycles. The molecule has 6 heteroatoms. The second kappa shape index (κ2) is 9.39. The van der Waals surface area contributed by atoms with E-state index in [1.165, 1.54) is 6.08 Å². The van der Waals surface area contributed by atoms with Crippen LogP contribution in [-0.2, 0) is 0 Å². The second-order valence-corrected chi connectivity index (χ2v) is 5.58. The summed E-state index contributed by atoms with van der Waals surface area (Å²) in [4.78, 5) is 13.3. The first-order chi connectivity index (χ1) is 11.8. The van der Waals surface area contributed by atoms with Crippen molar-refractivity contribution >= 4 is 5.91 Å². The van der Waals surface area contributed by atoms with Crippen LogP contribution in [0.4, 0.5) is 17.6 Å². The molecule has 1 atom stereocenters. The minimum atomic E-state index is -1.67. The van der Waals surface area contributed by atoms with E-state index in [0.29, 0.717) is 12.8 Å². The van der Waals surface area contributed by atoms with Gasteiger partial charge in [0.25, 0.3) is 5.91 Å². The zero-order valence-electron chi connectivity index (χ0n) is 14.5. The van der Waals surface area contributed by atoms with E-state index in [4.69, 9.17) is 0 Å². The number of amides is 1. The summed E-state index contributed by atoms with van der Waals surface area (Å²) >= 11 is 0. The van der Waals surface area contributed by atoms with Crippen LogP contribution in [0.15, 0.2) is 25.3 Å². The molecule has 1 unspecified atom stereocenters. The Morgan fingerprint density at radius 3 is 1.96 bits per heavy atom. The van der Waals surface area contributed by atoms with Crippen molar-refractivity contribution in [2.45, 2.75) is 39.0 Å². The molecule has 0 N–H and O–H groups in total. The van der Waals surface area contributed by atoms with Crippen molar-refractivity contribution in [1.29, 1.82) is 0 Å². The van der Waals surface area contributed by atoms with Crippen LogP contribution < -0.4 is 0 Å². The number of rotatable bonds is 9. The number of hydrogen-bond donors (Lipinski definition) is 0. The van der Waals surface area contributed by atoms with E-state index in [1.54, 1.807) is 19.9 Å². The molecular weight excluding hydrogens is 334 g/mol. The Labute approximate surface area is 145 Å². The molecule has 0 radical (unpaired) electrons. The second-order valence-electron chi connectivity index (χ2n) is 5.58. The molecule has 0 saturated carbocycles. The van der Waals surface area contributed by atoms with E-state index < -0.39 is 46.2 Å². The molecule has 0 heterocycles. The van der Waals surface area contributed by atoms with Crippen LogP contribution in [0.3, 0.4) is 0 Å². The largest absolute Gasteiger partial charge is 0.339 e. The fraction of sp³-hybridized carbons (Fsp3) is 0.421. The van der Waals surface area contributed by atoms with Crippen molar-refractivity contribution in [3.63, 3.8) is 0 Å². The van der Waals surface area contributed by atoms with Crippen LogP contribution in [0.1, 0.15) is 54.9 Å². The highest BCUT2D eigenvalue weighted by Gasteiger charge is 2.33. The summed E-state index contributed by atoms with van der Waals surface area (Å²) in [6.45, 7) is 10.6. The summed E-state index contributed by atoms with van der Waals surface area (Å²) in [5, 5.41) is 0. The Morgan fingerprint density at radius 1 is 1.04 bits per heavy atom. The van der Waals surface area contributed by atoms with Gasteiger partial charge in [0.05, 0.1) is 0 Å². The Kier molecular flexibility index (Phi) is 7.87. The SMILES string of the molecule is C=CCCCC(C=C)c1c(F)c(F)c(C(=O)N(CC)CC)c(F)c1F. The van der Waals surface area contributed by atoms with Crippen LogP contribution in [-0.4, -0.2) is 23.9 Å². The monoisotopic (exact) mass is 357 g/mol. The van der Waals surface area contributed by atoms with Crippen molar-refractivity contribution in [2.24, 2.45) is 0 Å². The van der Waals surface area contributed by atoms with Crippen molar-refractivity contribution in [1.82, 2.24) is 4.90 Å². The topological polar surface area (TPSA) is 20.3 Å². The maximum absolute atomic E-state index is 14.5. The van der Waals surface area contributed by atoms with Gasteiger partial charge in [0.15, 0.2) is 23.3 Å². The predicted octanol–water partition coefficient (Wildman–Crippen LogP) is 5.35. The van der Waals surface area contributed by atoms with Crippen molar-refractivity contribution in [2.75, 3.05) is 13.1 Å². The van der Waals surface area contributed by atoms with Gasteiger partial charge in [-0.25, -0.2) is 17.6 Å². The van der Waals surface area contributed by atoms with Gasteiger partial charge in [0, 0.05) is 24.6 Å². The maximum atomic E-state index is 14.5. The van der Waals surface area contributed by atoms with Crippen molar-refractivity contribution in [3.05, 3.63) is 59.7 Å². The number of halogens is 4. The standard InChI is InChI=1S/C19H23F4NO/c1-5-9-10-11-12(6-2)13-15(20)17(22)14(18(23)16(13)21)19(25)24(7-3)8-4/h5-6,12H,1-2,7-11H2,3-4H3. The fourth-order valence-electron chi connectivity index (χ4n) is 2.69. The summed E-state index contributed by atoms with van der Waals surface area (Å²) < 4.78 is 57.7. The lowest BCUT2D eigenvalue weighted by Crippen LogP contribution is -2.33. The van der Waals surface area contributed by atoms with Crippen LogP contribution in [0.2, 0.25) is 0 Å². The predicted molar refractivity (Wildman–Crippen MR) is 90.5 cm³/mol. The van der Waals surface area contributed by atoms with Gasteiger partial charge in [-0.3, -0.25) is 4.79 Å². The first-order valence-electron chi connectivity index (χ1n) is 8.24. The number of carbonyl (C=O) groups excluding carboxylic acids is 1. The summed E-state index contributed by atoms with van der Waals surface area (Å²) in [6, 6.07) is 0. The van der Waals surface area contributed by atoms with E-state index in [-0.39, 0.29) is 19.5 Å². The van der Waals surface area contributed by atoms with Crippen LogP contribution >= 0.6 is 0 Å². The molecule has 0 aliphatic heterocycles. The number of hydrogen-bond acceptors (Lipinski definition) is 1. The minimum Gasteiger partial charge on any atom is -0.339 e. The van der Waals surface area contributed by atoms with Gasteiger partial charge in [-0.15, -0.1) is 13.2 Å². The molecular formula is C19H23F4NO. The average molecular weight is 357 g/mol. The summed E-state index contributed by atoms with van der Waals surface area (Å²) in [5.41, 5.74) is -1.93. The quantitative estimate of drug-likeness (QED) is 0.252. The summed E-state index contributed by atoms with van der Waals surface area (Å²) in [5.74, 6) is -8.40. The molecule has 0 spiro atoms. The van der Waals surface area contributed by atoms with Gasteiger partial charge in [-0.05, 0) is 33.1 Å². The third kappa shape index (κ3) is 4.30. The summed E-state index contributed by atoms with van der Waals surface area (Å²) in [6.07, 6.45) is 4.26. The van der Waals surface area contributed by atoms with Crippen LogP contribution in [0, 0.1) is 23.3 Å². The van der Waals surface area contributed by atoms with E-state index in [1.807, 2.05) is 0 Å². The van der Waals surface area contributed by atoms with E-state index >= 15 is 0 Å². The zero-order valence-corrected chi connectivity index (χ0v) is 14.5. The van der Waals surface area contributed by atoms with Crippen molar-refractivity contribution in [3.8, 4) is 0 Å². The lowest BCUT2D eigenvalue weighted by atomic mass is 9.91. The number of benzene rings is 1. The third-order valence-electron chi connectivity index (χ3n) is 4.14. The van der Waals surface area contributed by atoms with Crippen LogP contribution in [0.25, 0.3) is 0 Å². The average Bonchev–Trinajstić information content (AvgIpc) is 2.60. The molecule has 0 aliphatic carbocycles. The van der Waals surface area contributed by atoms with Gasteiger partial charge in [-0.2, -0.15) is 0 Å². The molecule has 1 aromatic carbocycles. The Bertz CT molecular complexity index is 624. The fourth-order valence-corrected chi connectivity index (χ4v) is 2.69. The minimum absolute atomic E-state index is 0.163. The Hall–Kier alpha value is -2.11. The first-order valence-corrected chi connectivity index (χ1v) is 8.24. The lowest BCUT2D eigenvalue weighted by Gasteiger charge is -2.21. The molecule has 1 aromatic rings. The highest BCUT2D eigenvalue weighted by atomic mass is 19.2. The van der Waals surface area contributed by atoms with E-state index in [0.717, 1.165) is 4.90 Å². The zero-order chi connectivity index (χ0) is 19.1. The van der Waals surface area contributed by atoms with E-state index in [2.05, 4.69) is 13.2 Å². The Balaban J connectivity index is 3.44. The molecule has 0 aromatic heterocycles. The van der Waals surface area contributed by atoms with Gasteiger partial charge < -0.3 is 4.90 Å². The smallest absolute Gasteiger partial charge is 0.260 e. The lowest BCUT2D eigenvalue weighted by molar-refractivity contribution is 0.0760.